The summed E-state index contributed by atoms with van der Waals surface area (Å²) in [5, 5.41) is 24.9. The number of esters is 1. The lowest BCUT2D eigenvalue weighted by molar-refractivity contribution is -0.912. The summed E-state index contributed by atoms with van der Waals surface area (Å²) in [6, 6.07) is 2.30. The van der Waals surface area contributed by atoms with Gasteiger partial charge in [-0.2, -0.15) is 0 Å². The summed E-state index contributed by atoms with van der Waals surface area (Å²) in [7, 11) is 3.09. The molecule has 0 saturated carbocycles. The van der Waals surface area contributed by atoms with Gasteiger partial charge in [-0.3, -0.25) is 14.5 Å². The molecule has 4 rings (SSSR count). The van der Waals surface area contributed by atoms with E-state index >= 15 is 0 Å². The highest BCUT2D eigenvalue weighted by molar-refractivity contribution is 8.00. The van der Waals surface area contributed by atoms with Crippen molar-refractivity contribution < 1.29 is 33.8 Å². The Hall–Kier alpha value is -2.47. The molecule has 0 spiro atoms. The Morgan fingerprint density at radius 2 is 2.00 bits per heavy atom. The first kappa shape index (κ1) is 26.6. The van der Waals surface area contributed by atoms with Crippen molar-refractivity contribution in [2.75, 3.05) is 52.6 Å². The van der Waals surface area contributed by atoms with Gasteiger partial charge in [0, 0.05) is 37.1 Å². The zero-order valence-electron chi connectivity index (χ0n) is 20.4. The highest BCUT2D eigenvalue weighted by atomic mass is 35.5. The average molecular weight is 540 g/mol. The van der Waals surface area contributed by atoms with Gasteiger partial charge in [0.05, 0.1) is 37.3 Å². The van der Waals surface area contributed by atoms with Gasteiger partial charge in [-0.05, 0) is 19.2 Å². The molecule has 3 aliphatic heterocycles. The summed E-state index contributed by atoms with van der Waals surface area (Å²) in [6.45, 7) is 3.79. The fraction of sp³-hybridized carbons (Fsp3) is 0.542. The van der Waals surface area contributed by atoms with Gasteiger partial charge < -0.3 is 30.1 Å². The zero-order chi connectivity index (χ0) is 26.0. The Bertz CT molecular complexity index is 1090. The number of benzene rings is 1. The molecule has 4 N–H and O–H groups in total. The van der Waals surface area contributed by atoms with Gasteiger partial charge in [-0.1, -0.05) is 11.6 Å². The number of hydrogen-bond donors (Lipinski definition) is 4. The maximum Gasteiger partial charge on any atom is 0.355 e. The highest BCUT2D eigenvalue weighted by Crippen LogP contribution is 2.41. The average Bonchev–Trinajstić information content (AvgIpc) is 3.33. The number of amides is 2. The van der Waals surface area contributed by atoms with E-state index in [1.54, 1.807) is 23.7 Å². The lowest BCUT2D eigenvalue weighted by atomic mass is 10.0. The van der Waals surface area contributed by atoms with Crippen molar-refractivity contribution in [1.29, 1.82) is 0 Å². The van der Waals surface area contributed by atoms with Crippen LogP contribution in [0.4, 0.5) is 0 Å². The maximum absolute atomic E-state index is 12.7. The third-order valence-corrected chi connectivity index (χ3v) is 8.93. The maximum atomic E-state index is 12.7. The molecule has 36 heavy (non-hydrogen) atoms. The second-order valence-electron chi connectivity index (χ2n) is 9.40. The van der Waals surface area contributed by atoms with Crippen LogP contribution in [0.15, 0.2) is 23.4 Å². The number of fused-ring (bicyclic) bond motifs is 1. The molecule has 3 aliphatic rings. The minimum absolute atomic E-state index is 0.0952. The van der Waals surface area contributed by atoms with Gasteiger partial charge in [0.1, 0.15) is 23.7 Å². The van der Waals surface area contributed by atoms with Crippen LogP contribution in [-0.2, 0) is 14.3 Å². The van der Waals surface area contributed by atoms with Crippen molar-refractivity contribution in [3.8, 4) is 11.5 Å². The van der Waals surface area contributed by atoms with E-state index in [-0.39, 0.29) is 33.7 Å². The number of nitrogens with one attached hydrogen (secondary N) is 2. The third kappa shape index (κ3) is 4.89. The van der Waals surface area contributed by atoms with E-state index < -0.39 is 17.6 Å². The number of ether oxygens (including phenoxy) is 1. The molecule has 2 atom stereocenters. The van der Waals surface area contributed by atoms with Crippen LogP contribution in [0.3, 0.4) is 0 Å². The highest BCUT2D eigenvalue weighted by Gasteiger charge is 2.54. The number of aromatic hydroxyl groups is 2. The van der Waals surface area contributed by atoms with Gasteiger partial charge in [0.25, 0.3) is 5.91 Å². The minimum atomic E-state index is -0.519. The van der Waals surface area contributed by atoms with Gasteiger partial charge in [0.2, 0.25) is 5.91 Å². The molecule has 196 valence electrons. The quantitative estimate of drug-likeness (QED) is 0.122. The van der Waals surface area contributed by atoms with Crippen LogP contribution in [0.25, 0.3) is 0 Å². The third-order valence-electron chi connectivity index (χ3n) is 7.21. The number of methoxy groups -OCH3 is 1. The number of thioether (sulfide) groups is 1. The number of phenols is 2. The van der Waals surface area contributed by atoms with Crippen LogP contribution in [-0.4, -0.2) is 101 Å². The van der Waals surface area contributed by atoms with Crippen LogP contribution in [0.2, 0.25) is 5.02 Å². The van der Waals surface area contributed by atoms with Crippen molar-refractivity contribution in [2.45, 2.75) is 30.7 Å². The van der Waals surface area contributed by atoms with Crippen molar-refractivity contribution in [1.82, 2.24) is 15.5 Å². The van der Waals surface area contributed by atoms with E-state index in [1.165, 1.54) is 19.2 Å². The van der Waals surface area contributed by atoms with E-state index in [0.29, 0.717) is 31.0 Å². The molecule has 12 heteroatoms. The minimum Gasteiger partial charge on any atom is -0.504 e. The lowest BCUT2D eigenvalue weighted by Gasteiger charge is -2.50. The zero-order valence-corrected chi connectivity index (χ0v) is 22.0. The van der Waals surface area contributed by atoms with Crippen molar-refractivity contribution in [3.05, 3.63) is 34.0 Å². The van der Waals surface area contributed by atoms with Gasteiger partial charge >= 0.3 is 5.97 Å². The first-order valence-corrected chi connectivity index (χ1v) is 13.4. The second-order valence-corrected chi connectivity index (χ2v) is 10.9. The van der Waals surface area contributed by atoms with E-state index in [4.69, 9.17) is 16.3 Å². The summed E-state index contributed by atoms with van der Waals surface area (Å²) in [4.78, 5) is 39.5. The summed E-state index contributed by atoms with van der Waals surface area (Å²) in [5.41, 5.74) is 1.42. The molecular weight excluding hydrogens is 508 g/mol. The normalized spacial score (nSPS) is 22.8. The predicted octanol–water partition coefficient (Wildman–Crippen LogP) is 1.41. The number of likely N-dealkylation sites (tertiary alicyclic amines) is 1. The largest absolute Gasteiger partial charge is 0.504 e. The van der Waals surface area contributed by atoms with E-state index in [0.717, 1.165) is 42.5 Å². The van der Waals surface area contributed by atoms with Gasteiger partial charge in [-0.15, -0.1) is 11.8 Å². The van der Waals surface area contributed by atoms with Gasteiger partial charge in [0.15, 0.2) is 11.5 Å². The number of rotatable bonds is 9. The summed E-state index contributed by atoms with van der Waals surface area (Å²) < 4.78 is 5.85. The number of hydrogen-bond acceptors (Lipinski definition) is 8. The summed E-state index contributed by atoms with van der Waals surface area (Å²) in [5.74, 6) is -1.25. The predicted molar refractivity (Wildman–Crippen MR) is 136 cm³/mol. The Balaban J connectivity index is 1.43. The Kier molecular flexibility index (Phi) is 8.03. The number of carbonyl (C=O) groups excluding carboxylic acids is 3. The molecule has 0 aromatic heterocycles. The second kappa shape index (κ2) is 10.9. The number of halogens is 1. The van der Waals surface area contributed by atoms with Crippen molar-refractivity contribution >= 4 is 41.1 Å². The number of quaternary nitrogens is 1. The lowest BCUT2D eigenvalue weighted by Crippen LogP contribution is -2.69. The SMILES string of the molecule is CNC1C(=O)N2C(C(=O)OC)=C(C[N+]3(CCCNC(=O)c4ccc(O)c(O)c4Cl)CCCC3)CSC12. The molecule has 2 unspecified atom stereocenters. The molecule has 0 bridgehead atoms. The molecule has 3 heterocycles. The topological polar surface area (TPSA) is 128 Å². The fourth-order valence-corrected chi connectivity index (χ4v) is 6.99. The molecule has 0 radical (unpaired) electrons. The molecule has 1 aromatic carbocycles. The molecule has 10 nitrogen and oxygen atoms in total. The Morgan fingerprint density at radius 3 is 2.67 bits per heavy atom. The molecule has 2 fully saturated rings. The fourth-order valence-electron chi connectivity index (χ4n) is 5.34. The van der Waals surface area contributed by atoms with Crippen LogP contribution in [0.1, 0.15) is 29.6 Å². The smallest absolute Gasteiger partial charge is 0.355 e. The molecule has 0 aliphatic carbocycles. The van der Waals surface area contributed by atoms with E-state index in [9.17, 15) is 24.6 Å². The summed E-state index contributed by atoms with van der Waals surface area (Å²) >= 11 is 7.66. The monoisotopic (exact) mass is 539 g/mol. The Morgan fingerprint density at radius 1 is 1.28 bits per heavy atom. The van der Waals surface area contributed by atoms with Crippen molar-refractivity contribution in [3.63, 3.8) is 0 Å². The van der Waals surface area contributed by atoms with Crippen LogP contribution < -0.4 is 10.6 Å². The van der Waals surface area contributed by atoms with Crippen LogP contribution in [0, 0.1) is 0 Å². The van der Waals surface area contributed by atoms with E-state index in [1.807, 2.05) is 0 Å². The standard InChI is InChI=1S/C24H31ClN4O6S/c1-26-18-22(33)28-19(24(34)35-2)14(13-36-23(18)28)12-29(9-3-4-10-29)11-5-8-27-21(32)15-6-7-16(30)20(31)17(15)25/h6-7,18,23,26H,3-5,8-13H2,1-2H3,(H2-,27,30,31,32)/p+1. The first-order valence-electron chi connectivity index (χ1n) is 12.0. The molecule has 2 saturated heterocycles. The van der Waals surface area contributed by atoms with Gasteiger partial charge in [-0.25, -0.2) is 4.79 Å². The molecule has 1 aromatic rings. The first-order chi connectivity index (χ1) is 17.2. The summed E-state index contributed by atoms with van der Waals surface area (Å²) in [6.07, 6.45) is 2.86. The number of likely N-dealkylation sites (N-methyl/N-ethyl adjacent to an activating group) is 1. The molecular formula is C24H32ClN4O6S+. The number of carbonyl (C=O) groups is 3. The van der Waals surface area contributed by atoms with Crippen molar-refractivity contribution in [2.24, 2.45) is 0 Å². The van der Waals surface area contributed by atoms with E-state index in [2.05, 4.69) is 10.6 Å². The van der Waals surface area contributed by atoms with Crippen LogP contribution >= 0.6 is 23.4 Å². The Labute approximate surface area is 219 Å². The number of β-lactam (4-membered cyclic amide) rings is 1. The van der Waals surface area contributed by atoms with Crippen LogP contribution in [0.5, 0.6) is 11.5 Å². The molecule has 2 amide bonds. The number of phenolic OH excluding ortho intramolecular Hbond substituents is 2. The number of nitrogens with zero attached hydrogens (tertiary/aromatic N) is 2.